The smallest absolute Gasteiger partial charge is 0.255 e. The number of benzene rings is 1. The minimum atomic E-state index is -0.259. The van der Waals surface area contributed by atoms with E-state index in [1.54, 1.807) is 12.1 Å². The fourth-order valence-corrected chi connectivity index (χ4v) is 2.14. The van der Waals surface area contributed by atoms with Gasteiger partial charge in [0.05, 0.1) is 22.3 Å². The van der Waals surface area contributed by atoms with Crippen molar-refractivity contribution < 1.29 is 9.53 Å². The normalized spacial score (nSPS) is 13.3. The van der Waals surface area contributed by atoms with Crippen molar-refractivity contribution in [1.29, 1.82) is 0 Å². The number of amides is 1. The Balaban J connectivity index is 0.00000200. The lowest BCUT2D eigenvalue weighted by molar-refractivity contribution is -0.132. The first-order valence-electron chi connectivity index (χ1n) is 5.73. The van der Waals surface area contributed by atoms with Crippen LogP contribution in [-0.4, -0.2) is 30.0 Å². The molecule has 0 spiro atoms. The highest BCUT2D eigenvalue weighted by Gasteiger charge is 2.25. The molecule has 0 fully saturated rings. The second-order valence-electron chi connectivity index (χ2n) is 3.95. The number of rotatable bonds is 3. The Morgan fingerprint density at radius 2 is 2.20 bits per heavy atom. The summed E-state index contributed by atoms with van der Waals surface area (Å²) in [6.45, 7) is 2.48. The Morgan fingerprint density at radius 3 is 2.85 bits per heavy atom. The van der Waals surface area contributed by atoms with Crippen molar-refractivity contribution >= 4 is 57.7 Å². The molecule has 0 saturated carbocycles. The third-order valence-electron chi connectivity index (χ3n) is 2.73. The number of hydrogen-bond acceptors (Lipinski definition) is 4. The quantitative estimate of drug-likeness (QED) is 0.873. The first-order valence-corrected chi connectivity index (χ1v) is 6.49. The Bertz CT molecular complexity index is 552. The van der Waals surface area contributed by atoms with E-state index in [9.17, 15) is 4.79 Å². The van der Waals surface area contributed by atoms with Crippen LogP contribution in [-0.2, 0) is 16.1 Å². The van der Waals surface area contributed by atoms with Gasteiger partial charge in [0.2, 0.25) is 5.96 Å². The SMILES string of the molecule is Br.CCOCC(=O)N1Cc2c(ccc(Cl)c2Cl)N=C1N. The Labute approximate surface area is 137 Å². The van der Waals surface area contributed by atoms with Gasteiger partial charge in [-0.25, -0.2) is 4.99 Å². The molecule has 1 aromatic rings. The molecule has 0 aliphatic carbocycles. The van der Waals surface area contributed by atoms with Crippen LogP contribution in [0.3, 0.4) is 0 Å². The summed E-state index contributed by atoms with van der Waals surface area (Å²) in [5, 5.41) is 0.818. The molecule has 0 aromatic heterocycles. The first kappa shape index (κ1) is 17.2. The third kappa shape index (κ3) is 3.44. The van der Waals surface area contributed by atoms with Gasteiger partial charge in [0.25, 0.3) is 5.91 Å². The number of fused-ring (bicyclic) bond motifs is 1. The van der Waals surface area contributed by atoms with Gasteiger partial charge in [-0.3, -0.25) is 9.69 Å². The molecule has 2 rings (SSSR count). The number of guanidine groups is 1. The Morgan fingerprint density at radius 1 is 1.50 bits per heavy atom. The average molecular weight is 383 g/mol. The maximum atomic E-state index is 11.9. The van der Waals surface area contributed by atoms with E-state index in [0.29, 0.717) is 27.9 Å². The topological polar surface area (TPSA) is 67.9 Å². The zero-order valence-electron chi connectivity index (χ0n) is 10.7. The average Bonchev–Trinajstić information content (AvgIpc) is 2.40. The van der Waals surface area contributed by atoms with E-state index in [0.717, 1.165) is 0 Å². The fourth-order valence-electron chi connectivity index (χ4n) is 1.74. The molecule has 0 unspecified atom stereocenters. The predicted octanol–water partition coefficient (Wildman–Crippen LogP) is 2.90. The number of aliphatic imine (C=N–C) groups is 1. The van der Waals surface area contributed by atoms with E-state index < -0.39 is 0 Å². The standard InChI is InChI=1S/C12H13Cl2N3O2.BrH/c1-2-19-6-10(18)17-5-7-9(16-12(17)15)4-3-8(13)11(7)14;/h3-4H,2,5-6H2,1H3,(H2,15,16);1H. The lowest BCUT2D eigenvalue weighted by atomic mass is 10.1. The zero-order valence-corrected chi connectivity index (χ0v) is 14.0. The summed E-state index contributed by atoms with van der Waals surface area (Å²) in [6, 6.07) is 3.37. The van der Waals surface area contributed by atoms with Crippen LogP contribution in [0.25, 0.3) is 0 Å². The van der Waals surface area contributed by atoms with Gasteiger partial charge in [0.1, 0.15) is 6.61 Å². The number of nitrogens with two attached hydrogens (primary N) is 1. The highest BCUT2D eigenvalue weighted by atomic mass is 79.9. The molecule has 1 aromatic carbocycles. The van der Waals surface area contributed by atoms with E-state index >= 15 is 0 Å². The van der Waals surface area contributed by atoms with E-state index in [1.165, 1.54) is 4.90 Å². The van der Waals surface area contributed by atoms with Crippen molar-refractivity contribution in [2.24, 2.45) is 10.7 Å². The minimum Gasteiger partial charge on any atom is -0.372 e. The highest BCUT2D eigenvalue weighted by molar-refractivity contribution is 8.93. The first-order chi connectivity index (χ1) is 9.04. The molecule has 20 heavy (non-hydrogen) atoms. The van der Waals surface area contributed by atoms with Gasteiger partial charge in [0, 0.05) is 12.2 Å². The zero-order chi connectivity index (χ0) is 14.0. The van der Waals surface area contributed by atoms with Gasteiger partial charge in [-0.1, -0.05) is 23.2 Å². The summed E-state index contributed by atoms with van der Waals surface area (Å²) in [5.74, 6) is -0.125. The van der Waals surface area contributed by atoms with Crippen LogP contribution in [0.15, 0.2) is 17.1 Å². The Hall–Kier alpha value is -0.820. The molecular formula is C12H14BrCl2N3O2. The summed E-state index contributed by atoms with van der Waals surface area (Å²) in [6.07, 6.45) is 0. The lowest BCUT2D eigenvalue weighted by Crippen LogP contribution is -2.44. The van der Waals surface area contributed by atoms with Crippen molar-refractivity contribution in [3.05, 3.63) is 27.7 Å². The second kappa shape index (κ2) is 7.26. The van der Waals surface area contributed by atoms with Crippen LogP contribution < -0.4 is 5.73 Å². The molecule has 1 amide bonds. The molecule has 1 heterocycles. The van der Waals surface area contributed by atoms with E-state index in [4.69, 9.17) is 33.7 Å². The van der Waals surface area contributed by atoms with Gasteiger partial charge >= 0.3 is 0 Å². The van der Waals surface area contributed by atoms with Crippen LogP contribution >= 0.6 is 40.2 Å². The molecule has 110 valence electrons. The largest absolute Gasteiger partial charge is 0.372 e. The monoisotopic (exact) mass is 381 g/mol. The molecule has 0 saturated heterocycles. The van der Waals surface area contributed by atoms with Crippen LogP contribution in [0.5, 0.6) is 0 Å². The summed E-state index contributed by atoms with van der Waals surface area (Å²) in [5.41, 5.74) is 7.10. The van der Waals surface area contributed by atoms with E-state index in [2.05, 4.69) is 4.99 Å². The predicted molar refractivity (Wildman–Crippen MR) is 85.1 cm³/mol. The molecule has 0 bridgehead atoms. The summed E-state index contributed by atoms with van der Waals surface area (Å²) < 4.78 is 5.08. The summed E-state index contributed by atoms with van der Waals surface area (Å²) in [7, 11) is 0. The van der Waals surface area contributed by atoms with Crippen molar-refractivity contribution in [3.63, 3.8) is 0 Å². The number of hydrogen-bond donors (Lipinski definition) is 1. The number of halogens is 3. The molecule has 2 N–H and O–H groups in total. The van der Waals surface area contributed by atoms with Gasteiger partial charge in [-0.15, -0.1) is 17.0 Å². The lowest BCUT2D eigenvalue weighted by Gasteiger charge is -2.27. The molecule has 1 aliphatic heterocycles. The van der Waals surface area contributed by atoms with Crippen molar-refractivity contribution in [2.75, 3.05) is 13.2 Å². The van der Waals surface area contributed by atoms with E-state index in [1.807, 2.05) is 6.92 Å². The maximum Gasteiger partial charge on any atom is 0.255 e. The number of carbonyl (C=O) groups excluding carboxylic acids is 1. The number of nitrogens with zero attached hydrogens (tertiary/aromatic N) is 2. The summed E-state index contributed by atoms with van der Waals surface area (Å²) >= 11 is 12.1. The summed E-state index contributed by atoms with van der Waals surface area (Å²) in [4.78, 5) is 17.4. The molecule has 1 aliphatic rings. The van der Waals surface area contributed by atoms with Gasteiger partial charge < -0.3 is 10.5 Å². The fraction of sp³-hybridized carbons (Fsp3) is 0.333. The highest BCUT2D eigenvalue weighted by Crippen LogP contribution is 2.36. The third-order valence-corrected chi connectivity index (χ3v) is 3.57. The molecule has 8 heteroatoms. The molecule has 0 atom stereocenters. The van der Waals surface area contributed by atoms with Crippen LogP contribution in [0.1, 0.15) is 12.5 Å². The van der Waals surface area contributed by atoms with Gasteiger partial charge in [-0.2, -0.15) is 0 Å². The van der Waals surface area contributed by atoms with Crippen molar-refractivity contribution in [3.8, 4) is 0 Å². The van der Waals surface area contributed by atoms with Crippen molar-refractivity contribution in [2.45, 2.75) is 13.5 Å². The van der Waals surface area contributed by atoms with Crippen LogP contribution in [0, 0.1) is 0 Å². The maximum absolute atomic E-state index is 11.9. The molecular weight excluding hydrogens is 369 g/mol. The molecule has 0 radical (unpaired) electrons. The Kier molecular flexibility index (Phi) is 6.26. The number of carbonyl (C=O) groups is 1. The second-order valence-corrected chi connectivity index (χ2v) is 4.73. The van der Waals surface area contributed by atoms with E-state index in [-0.39, 0.29) is 42.0 Å². The minimum absolute atomic E-state index is 0. The van der Waals surface area contributed by atoms with Gasteiger partial charge in [0.15, 0.2) is 0 Å². The molecule has 5 nitrogen and oxygen atoms in total. The van der Waals surface area contributed by atoms with Gasteiger partial charge in [-0.05, 0) is 19.1 Å². The number of ether oxygens (including phenoxy) is 1. The van der Waals surface area contributed by atoms with Crippen LogP contribution in [0.4, 0.5) is 5.69 Å². The van der Waals surface area contributed by atoms with Crippen molar-refractivity contribution in [1.82, 2.24) is 4.90 Å². The van der Waals surface area contributed by atoms with Crippen LogP contribution in [0.2, 0.25) is 10.0 Å².